The molecule has 3 rings (SSSR count). The molecule has 124 valence electrons. The first kappa shape index (κ1) is 15.6. The minimum absolute atomic E-state index is 0.00481. The summed E-state index contributed by atoms with van der Waals surface area (Å²) in [6, 6.07) is 4.76. The number of nitrogens with zero attached hydrogens (tertiary/aromatic N) is 1. The Hall–Kier alpha value is -2.29. The second-order valence-electron chi connectivity index (χ2n) is 5.49. The van der Waals surface area contributed by atoms with E-state index in [1.807, 2.05) is 18.2 Å². The van der Waals surface area contributed by atoms with Crippen LogP contribution in [0.3, 0.4) is 0 Å². The van der Waals surface area contributed by atoms with E-state index in [1.165, 1.54) is 0 Å². The van der Waals surface area contributed by atoms with Crippen molar-refractivity contribution >= 4 is 26.9 Å². The minimum atomic E-state index is -3.01. The van der Waals surface area contributed by atoms with Gasteiger partial charge >= 0.3 is 6.03 Å². The molecule has 8 nitrogen and oxygen atoms in total. The Labute approximate surface area is 133 Å². The van der Waals surface area contributed by atoms with E-state index in [0.717, 1.165) is 16.8 Å². The van der Waals surface area contributed by atoms with Crippen LogP contribution in [0, 0.1) is 0 Å². The highest BCUT2D eigenvalue weighted by Gasteiger charge is 2.28. The van der Waals surface area contributed by atoms with Crippen LogP contribution in [0.1, 0.15) is 12.2 Å². The Morgan fingerprint density at radius 2 is 2.30 bits per heavy atom. The van der Waals surface area contributed by atoms with E-state index in [-0.39, 0.29) is 24.1 Å². The molecule has 1 unspecified atom stereocenters. The number of benzene rings is 1. The molecule has 1 aliphatic heterocycles. The van der Waals surface area contributed by atoms with Crippen molar-refractivity contribution in [1.29, 1.82) is 0 Å². The first-order chi connectivity index (χ1) is 10.9. The number of H-pyrrole nitrogens is 1. The van der Waals surface area contributed by atoms with Gasteiger partial charge in [-0.1, -0.05) is 0 Å². The number of aromatic nitrogens is 2. The Morgan fingerprint density at radius 3 is 3.00 bits per heavy atom. The summed E-state index contributed by atoms with van der Waals surface area (Å²) in [4.78, 5) is 19.3. The van der Waals surface area contributed by atoms with Crippen LogP contribution in [0.2, 0.25) is 0 Å². The fourth-order valence-electron chi connectivity index (χ4n) is 2.56. The van der Waals surface area contributed by atoms with E-state index in [2.05, 4.69) is 20.6 Å². The van der Waals surface area contributed by atoms with E-state index in [1.54, 1.807) is 7.11 Å². The van der Waals surface area contributed by atoms with Crippen molar-refractivity contribution in [3.63, 3.8) is 0 Å². The predicted octanol–water partition coefficient (Wildman–Crippen LogP) is 0.558. The van der Waals surface area contributed by atoms with Crippen molar-refractivity contribution in [2.75, 3.05) is 18.6 Å². The van der Waals surface area contributed by atoms with Gasteiger partial charge in [0.1, 0.15) is 11.6 Å². The lowest BCUT2D eigenvalue weighted by Gasteiger charge is -2.11. The number of aromatic amines is 1. The molecule has 0 radical (unpaired) electrons. The van der Waals surface area contributed by atoms with Crippen LogP contribution in [0.25, 0.3) is 11.0 Å². The average Bonchev–Trinajstić information content (AvgIpc) is 3.06. The number of imidazole rings is 1. The Morgan fingerprint density at radius 1 is 1.48 bits per heavy atom. The number of methoxy groups -OCH3 is 1. The number of sulfone groups is 1. The number of urea groups is 1. The molecule has 1 aliphatic rings. The predicted molar refractivity (Wildman–Crippen MR) is 85.1 cm³/mol. The third kappa shape index (κ3) is 3.73. The van der Waals surface area contributed by atoms with Gasteiger partial charge in [0.25, 0.3) is 0 Å². The molecule has 9 heteroatoms. The van der Waals surface area contributed by atoms with Crippen LogP contribution >= 0.6 is 0 Å². The van der Waals surface area contributed by atoms with Gasteiger partial charge in [0.2, 0.25) is 0 Å². The number of carbonyl (C=O) groups is 1. The second kappa shape index (κ2) is 6.07. The maximum atomic E-state index is 11.8. The molecule has 2 heterocycles. The first-order valence-corrected chi connectivity index (χ1v) is 9.05. The molecule has 0 aliphatic carbocycles. The van der Waals surface area contributed by atoms with Gasteiger partial charge < -0.3 is 20.4 Å². The van der Waals surface area contributed by atoms with Crippen molar-refractivity contribution in [3.8, 4) is 5.75 Å². The highest BCUT2D eigenvalue weighted by atomic mass is 32.2. The van der Waals surface area contributed by atoms with E-state index in [4.69, 9.17) is 4.74 Å². The van der Waals surface area contributed by atoms with Crippen LogP contribution in [-0.4, -0.2) is 49.1 Å². The second-order valence-corrected chi connectivity index (χ2v) is 7.72. The lowest BCUT2D eigenvalue weighted by molar-refractivity contribution is 0.237. The minimum Gasteiger partial charge on any atom is -0.497 e. The third-order valence-corrected chi connectivity index (χ3v) is 5.49. The van der Waals surface area contributed by atoms with Crippen molar-refractivity contribution in [1.82, 2.24) is 20.6 Å². The number of hydrogen-bond acceptors (Lipinski definition) is 5. The Balaban J connectivity index is 1.56. The third-order valence-electron chi connectivity index (χ3n) is 3.72. The summed E-state index contributed by atoms with van der Waals surface area (Å²) in [6.45, 7) is 0.225. The smallest absolute Gasteiger partial charge is 0.315 e. The fourth-order valence-corrected chi connectivity index (χ4v) is 4.23. The highest BCUT2D eigenvalue weighted by Crippen LogP contribution is 2.18. The summed E-state index contributed by atoms with van der Waals surface area (Å²) in [5.41, 5.74) is 1.60. The number of nitrogens with one attached hydrogen (secondary N) is 3. The van der Waals surface area contributed by atoms with E-state index in [9.17, 15) is 13.2 Å². The van der Waals surface area contributed by atoms with Gasteiger partial charge in [-0.15, -0.1) is 0 Å². The molecule has 1 aromatic carbocycles. The van der Waals surface area contributed by atoms with Gasteiger partial charge in [-0.2, -0.15) is 0 Å². The van der Waals surface area contributed by atoms with Crippen LogP contribution in [0.5, 0.6) is 5.75 Å². The van der Waals surface area contributed by atoms with Gasteiger partial charge in [-0.3, -0.25) is 0 Å². The summed E-state index contributed by atoms with van der Waals surface area (Å²) in [6.07, 6.45) is 0.459. The summed E-state index contributed by atoms with van der Waals surface area (Å²) in [5.74, 6) is 1.47. The quantitative estimate of drug-likeness (QED) is 0.754. The van der Waals surface area contributed by atoms with Crippen LogP contribution < -0.4 is 15.4 Å². The van der Waals surface area contributed by atoms with Crippen LogP contribution in [0.4, 0.5) is 4.79 Å². The number of amides is 2. The zero-order chi connectivity index (χ0) is 16.4. The largest absolute Gasteiger partial charge is 0.497 e. The molecule has 3 N–H and O–H groups in total. The zero-order valence-corrected chi connectivity index (χ0v) is 13.4. The Bertz CT molecular complexity index is 830. The van der Waals surface area contributed by atoms with E-state index >= 15 is 0 Å². The molecule has 2 aromatic rings. The number of ether oxygens (including phenoxy) is 1. The number of hydrogen-bond donors (Lipinski definition) is 3. The molecule has 0 saturated carbocycles. The molecule has 0 spiro atoms. The number of carbonyl (C=O) groups excluding carboxylic acids is 1. The first-order valence-electron chi connectivity index (χ1n) is 7.22. The molecule has 23 heavy (non-hydrogen) atoms. The van der Waals surface area contributed by atoms with Gasteiger partial charge in [0.15, 0.2) is 9.84 Å². The maximum absolute atomic E-state index is 11.8. The van der Waals surface area contributed by atoms with Crippen molar-refractivity contribution in [2.45, 2.75) is 19.0 Å². The molecular formula is C14H18N4O4S. The molecular weight excluding hydrogens is 320 g/mol. The summed E-state index contributed by atoms with van der Waals surface area (Å²) in [7, 11) is -1.41. The average molecular weight is 338 g/mol. The van der Waals surface area contributed by atoms with Crippen LogP contribution in [-0.2, 0) is 16.4 Å². The Kier molecular flexibility index (Phi) is 4.12. The molecule has 2 amide bonds. The zero-order valence-electron chi connectivity index (χ0n) is 12.6. The van der Waals surface area contributed by atoms with Crippen molar-refractivity contribution in [3.05, 3.63) is 24.0 Å². The number of rotatable bonds is 4. The topological polar surface area (TPSA) is 113 Å². The maximum Gasteiger partial charge on any atom is 0.315 e. The standard InChI is InChI=1S/C14H18N4O4S/c1-22-10-2-3-11-12(6-10)18-13(17-11)7-15-14(19)16-9-4-5-23(20,21)8-9/h2-3,6,9H,4-5,7-8H2,1H3,(H,17,18)(H2,15,16,19). The van der Waals surface area contributed by atoms with Gasteiger partial charge in [0.05, 0.1) is 36.2 Å². The van der Waals surface area contributed by atoms with E-state index < -0.39 is 15.9 Å². The lowest BCUT2D eigenvalue weighted by atomic mass is 10.3. The molecule has 1 saturated heterocycles. The van der Waals surface area contributed by atoms with Crippen molar-refractivity contribution in [2.24, 2.45) is 0 Å². The molecule has 1 fully saturated rings. The summed E-state index contributed by atoms with van der Waals surface area (Å²) < 4.78 is 27.9. The molecule has 0 bridgehead atoms. The van der Waals surface area contributed by atoms with E-state index in [0.29, 0.717) is 12.2 Å². The van der Waals surface area contributed by atoms with Crippen LogP contribution in [0.15, 0.2) is 18.2 Å². The van der Waals surface area contributed by atoms with Gasteiger partial charge in [-0.05, 0) is 18.6 Å². The lowest BCUT2D eigenvalue weighted by Crippen LogP contribution is -2.42. The molecule has 1 atom stereocenters. The summed E-state index contributed by atoms with van der Waals surface area (Å²) >= 11 is 0. The highest BCUT2D eigenvalue weighted by molar-refractivity contribution is 7.91. The number of fused-ring (bicyclic) bond motifs is 1. The SMILES string of the molecule is COc1ccc2nc(CNC(=O)NC3CCS(=O)(=O)C3)[nH]c2c1. The monoisotopic (exact) mass is 338 g/mol. The molecule has 1 aromatic heterocycles. The van der Waals surface area contributed by atoms with Gasteiger partial charge in [-0.25, -0.2) is 18.2 Å². The fraction of sp³-hybridized carbons (Fsp3) is 0.429. The normalized spacial score (nSPS) is 19.6. The van der Waals surface area contributed by atoms with Crippen molar-refractivity contribution < 1.29 is 17.9 Å². The van der Waals surface area contributed by atoms with Gasteiger partial charge in [0, 0.05) is 12.1 Å². The summed E-state index contributed by atoms with van der Waals surface area (Å²) in [5, 5.41) is 5.34.